The highest BCUT2D eigenvalue weighted by Crippen LogP contribution is 2.36. The maximum atomic E-state index is 10.5. The van der Waals surface area contributed by atoms with E-state index in [0.29, 0.717) is 5.25 Å². The van der Waals surface area contributed by atoms with Gasteiger partial charge in [0.25, 0.3) is 0 Å². The largest absolute Gasteiger partial charge is 0.298 e. The Hall–Kier alpha value is -0.760. The Labute approximate surface area is 76.2 Å². The van der Waals surface area contributed by atoms with Crippen molar-refractivity contribution < 1.29 is 4.79 Å². The Bertz CT molecular complexity index is 320. The van der Waals surface area contributed by atoms with Crippen molar-refractivity contribution in [2.24, 2.45) is 0 Å². The van der Waals surface area contributed by atoms with E-state index >= 15 is 0 Å². The number of aldehydes is 1. The molecule has 0 bridgehead atoms. The molecule has 2 heteroatoms. The number of hydrogen-bond acceptors (Lipinski definition) is 2. The minimum atomic E-state index is 0.668. The number of fused-ring (bicyclic) bond motifs is 1. The maximum Gasteiger partial charge on any atom is 0.150 e. The van der Waals surface area contributed by atoms with Gasteiger partial charge in [-0.15, -0.1) is 11.8 Å². The van der Waals surface area contributed by atoms with E-state index in [0.717, 1.165) is 18.3 Å². The van der Waals surface area contributed by atoms with Crippen LogP contribution in [0.1, 0.15) is 22.8 Å². The smallest absolute Gasteiger partial charge is 0.150 e. The van der Waals surface area contributed by atoms with Crippen LogP contribution in [-0.4, -0.2) is 11.5 Å². The maximum absolute atomic E-state index is 10.5. The molecule has 0 fully saturated rings. The summed E-state index contributed by atoms with van der Waals surface area (Å²) in [5, 5.41) is 0.668. The van der Waals surface area contributed by atoms with Crippen LogP contribution >= 0.6 is 11.8 Å². The Morgan fingerprint density at radius 2 is 2.42 bits per heavy atom. The molecule has 0 N–H and O–H groups in total. The van der Waals surface area contributed by atoms with Crippen LogP contribution < -0.4 is 0 Å². The molecule has 1 aromatic carbocycles. The molecule has 0 aromatic heterocycles. The fourth-order valence-electron chi connectivity index (χ4n) is 1.49. The molecule has 0 radical (unpaired) electrons. The predicted molar refractivity (Wildman–Crippen MR) is 50.9 cm³/mol. The van der Waals surface area contributed by atoms with Gasteiger partial charge in [0.2, 0.25) is 0 Å². The number of benzene rings is 1. The monoisotopic (exact) mass is 178 g/mol. The van der Waals surface area contributed by atoms with Gasteiger partial charge in [0.1, 0.15) is 6.29 Å². The van der Waals surface area contributed by atoms with Crippen molar-refractivity contribution in [3.63, 3.8) is 0 Å². The lowest BCUT2D eigenvalue weighted by molar-refractivity contribution is 0.112. The third-order valence-electron chi connectivity index (χ3n) is 2.06. The van der Waals surface area contributed by atoms with E-state index in [1.54, 1.807) is 0 Å². The summed E-state index contributed by atoms with van der Waals surface area (Å²) < 4.78 is 0. The lowest BCUT2D eigenvalue weighted by Crippen LogP contribution is -1.90. The molecule has 1 unspecified atom stereocenters. The lowest BCUT2D eigenvalue weighted by atomic mass is 10.1. The summed E-state index contributed by atoms with van der Waals surface area (Å²) in [7, 11) is 0. The first-order valence-corrected chi connectivity index (χ1v) is 4.92. The summed E-state index contributed by atoms with van der Waals surface area (Å²) in [6.07, 6.45) is 2.04. The molecular formula is C10H10OS. The van der Waals surface area contributed by atoms with Crippen LogP contribution in [0.2, 0.25) is 0 Å². The van der Waals surface area contributed by atoms with Gasteiger partial charge in [0.05, 0.1) is 0 Å². The average molecular weight is 178 g/mol. The van der Waals surface area contributed by atoms with Crippen LogP contribution in [0.25, 0.3) is 0 Å². The van der Waals surface area contributed by atoms with Gasteiger partial charge in [-0.1, -0.05) is 19.1 Å². The second-order valence-corrected chi connectivity index (χ2v) is 4.60. The molecule has 1 aliphatic heterocycles. The van der Waals surface area contributed by atoms with Crippen molar-refractivity contribution in [3.05, 3.63) is 29.3 Å². The molecule has 12 heavy (non-hydrogen) atoms. The molecule has 0 saturated carbocycles. The molecular weight excluding hydrogens is 168 g/mol. The summed E-state index contributed by atoms with van der Waals surface area (Å²) in [5.41, 5.74) is 2.17. The third kappa shape index (κ3) is 1.27. The molecule has 1 nitrogen and oxygen atoms in total. The highest BCUT2D eigenvalue weighted by molar-refractivity contribution is 8.00. The van der Waals surface area contributed by atoms with Crippen LogP contribution in [0.3, 0.4) is 0 Å². The van der Waals surface area contributed by atoms with E-state index in [9.17, 15) is 4.79 Å². The highest BCUT2D eigenvalue weighted by Gasteiger charge is 2.17. The average Bonchev–Trinajstić information content (AvgIpc) is 2.43. The number of carbonyl (C=O) groups excluding carboxylic acids is 1. The summed E-state index contributed by atoms with van der Waals surface area (Å²) in [5.74, 6) is 0. The van der Waals surface area contributed by atoms with Gasteiger partial charge in [-0.2, -0.15) is 0 Å². The number of rotatable bonds is 1. The van der Waals surface area contributed by atoms with Crippen LogP contribution in [0.5, 0.6) is 0 Å². The molecule has 0 saturated heterocycles. The highest BCUT2D eigenvalue weighted by atomic mass is 32.2. The van der Waals surface area contributed by atoms with Crippen LogP contribution in [0, 0.1) is 0 Å². The van der Waals surface area contributed by atoms with Gasteiger partial charge in [-0.05, 0) is 18.1 Å². The topological polar surface area (TPSA) is 17.1 Å². The van der Waals surface area contributed by atoms with Crippen molar-refractivity contribution in [2.45, 2.75) is 23.5 Å². The van der Waals surface area contributed by atoms with E-state index in [-0.39, 0.29) is 0 Å². The fourth-order valence-corrected chi connectivity index (χ4v) is 2.69. The van der Waals surface area contributed by atoms with Crippen LogP contribution in [0.4, 0.5) is 0 Å². The Balaban J connectivity index is 2.41. The van der Waals surface area contributed by atoms with Crippen molar-refractivity contribution in [2.75, 3.05) is 0 Å². The summed E-state index contributed by atoms with van der Waals surface area (Å²) in [6, 6.07) is 5.94. The Kier molecular flexibility index (Phi) is 1.93. The Morgan fingerprint density at radius 1 is 1.58 bits per heavy atom. The molecule has 2 rings (SSSR count). The fraction of sp³-hybridized carbons (Fsp3) is 0.300. The third-order valence-corrected chi connectivity index (χ3v) is 3.27. The van der Waals surface area contributed by atoms with E-state index < -0.39 is 0 Å². The number of hydrogen-bond donors (Lipinski definition) is 0. The van der Waals surface area contributed by atoms with Crippen LogP contribution in [-0.2, 0) is 6.42 Å². The summed E-state index contributed by atoms with van der Waals surface area (Å²) >= 11 is 1.86. The predicted octanol–water partition coefficient (Wildman–Crippen LogP) is 2.54. The van der Waals surface area contributed by atoms with Gasteiger partial charge in [-0.25, -0.2) is 0 Å². The molecule has 0 amide bonds. The molecule has 62 valence electrons. The van der Waals surface area contributed by atoms with Crippen LogP contribution in [0.15, 0.2) is 23.1 Å². The first-order valence-electron chi connectivity index (χ1n) is 4.04. The number of thioether (sulfide) groups is 1. The number of carbonyl (C=O) groups is 1. The second-order valence-electron chi connectivity index (χ2n) is 3.12. The standard InChI is InChI=1S/C10H10OS/c1-7-4-9-3-2-8(6-11)5-10(9)12-7/h2-3,5-7H,4H2,1H3. The van der Waals surface area contributed by atoms with Crippen molar-refractivity contribution in [3.8, 4) is 0 Å². The van der Waals surface area contributed by atoms with E-state index in [4.69, 9.17) is 0 Å². The lowest BCUT2D eigenvalue weighted by Gasteiger charge is -1.96. The normalized spacial score (nSPS) is 20.6. The van der Waals surface area contributed by atoms with E-state index in [1.165, 1.54) is 10.5 Å². The molecule has 1 atom stereocenters. The van der Waals surface area contributed by atoms with Gasteiger partial charge in [0.15, 0.2) is 0 Å². The van der Waals surface area contributed by atoms with Gasteiger partial charge in [0, 0.05) is 15.7 Å². The van der Waals surface area contributed by atoms with Crippen molar-refractivity contribution in [1.29, 1.82) is 0 Å². The first kappa shape index (κ1) is 7.87. The molecule has 0 aliphatic carbocycles. The zero-order chi connectivity index (χ0) is 8.55. The molecule has 1 aliphatic rings. The van der Waals surface area contributed by atoms with Crippen molar-refractivity contribution >= 4 is 18.0 Å². The van der Waals surface area contributed by atoms with Gasteiger partial charge >= 0.3 is 0 Å². The zero-order valence-electron chi connectivity index (χ0n) is 6.91. The van der Waals surface area contributed by atoms with Gasteiger partial charge in [-0.3, -0.25) is 4.79 Å². The SMILES string of the molecule is CC1Cc2ccc(C=O)cc2S1. The minimum Gasteiger partial charge on any atom is -0.298 e. The second kappa shape index (κ2) is 2.94. The zero-order valence-corrected chi connectivity index (χ0v) is 7.73. The molecule has 1 aromatic rings. The summed E-state index contributed by atoms with van der Waals surface area (Å²) in [6.45, 7) is 2.21. The van der Waals surface area contributed by atoms with E-state index in [2.05, 4.69) is 13.0 Å². The molecule has 1 heterocycles. The van der Waals surface area contributed by atoms with Crippen molar-refractivity contribution in [1.82, 2.24) is 0 Å². The Morgan fingerprint density at radius 3 is 3.17 bits per heavy atom. The van der Waals surface area contributed by atoms with Gasteiger partial charge < -0.3 is 0 Å². The minimum absolute atomic E-state index is 0.668. The molecule has 0 spiro atoms. The first-order chi connectivity index (χ1) is 5.79. The quantitative estimate of drug-likeness (QED) is 0.615. The van der Waals surface area contributed by atoms with E-state index in [1.807, 2.05) is 23.9 Å². The summed E-state index contributed by atoms with van der Waals surface area (Å²) in [4.78, 5) is 11.8.